The molecule has 5 nitrogen and oxygen atoms in total. The average Bonchev–Trinajstić information content (AvgIpc) is 3.18. The zero-order valence-electron chi connectivity index (χ0n) is 18.1. The Balaban J connectivity index is 1.63. The fourth-order valence-electron chi connectivity index (χ4n) is 3.76. The van der Waals surface area contributed by atoms with E-state index in [1.807, 2.05) is 10.3 Å². The minimum Gasteiger partial charge on any atom is -0.342 e. The Morgan fingerprint density at radius 1 is 1.14 bits per heavy atom. The van der Waals surface area contributed by atoms with Gasteiger partial charge in [-0.25, -0.2) is 4.98 Å². The number of thiazole rings is 1. The summed E-state index contributed by atoms with van der Waals surface area (Å²) >= 11 is 1.64. The summed E-state index contributed by atoms with van der Waals surface area (Å²) in [5.41, 5.74) is 3.37. The molecule has 3 rings (SSSR count). The van der Waals surface area contributed by atoms with Crippen molar-refractivity contribution in [3.05, 3.63) is 40.9 Å². The van der Waals surface area contributed by atoms with Gasteiger partial charge in [0.05, 0.1) is 12.1 Å². The van der Waals surface area contributed by atoms with Crippen LogP contribution in [-0.4, -0.2) is 71.9 Å². The Morgan fingerprint density at radius 2 is 1.86 bits per heavy atom. The molecular formula is C23H34N4OS. The molecular weight excluding hydrogens is 380 g/mol. The first-order valence-electron chi connectivity index (χ1n) is 10.8. The maximum Gasteiger partial charge on any atom is 0.228 e. The van der Waals surface area contributed by atoms with Crippen LogP contribution in [0.25, 0.3) is 10.6 Å². The Labute approximate surface area is 179 Å². The second kappa shape index (κ2) is 10.9. The third-order valence-corrected chi connectivity index (χ3v) is 6.34. The number of rotatable bonds is 9. The topological polar surface area (TPSA) is 39.7 Å². The maximum atomic E-state index is 12.6. The molecule has 29 heavy (non-hydrogen) atoms. The average molecular weight is 415 g/mol. The van der Waals surface area contributed by atoms with E-state index in [-0.39, 0.29) is 5.91 Å². The molecule has 2 heterocycles. The molecule has 0 N–H and O–H groups in total. The normalized spacial score (nSPS) is 15.6. The molecule has 0 atom stereocenters. The quantitative estimate of drug-likeness (QED) is 0.627. The van der Waals surface area contributed by atoms with Crippen LogP contribution in [0.5, 0.6) is 0 Å². The van der Waals surface area contributed by atoms with Crippen LogP contribution in [0.2, 0.25) is 0 Å². The van der Waals surface area contributed by atoms with Crippen molar-refractivity contribution in [3.63, 3.8) is 0 Å². The summed E-state index contributed by atoms with van der Waals surface area (Å²) in [5.74, 6) is 0.189. The third-order valence-electron chi connectivity index (χ3n) is 5.40. The van der Waals surface area contributed by atoms with E-state index < -0.39 is 0 Å². The highest BCUT2D eigenvalue weighted by atomic mass is 32.1. The minimum absolute atomic E-state index is 0.189. The SMILES string of the molecule is CCCN(CCC)C(=O)Cc1csc(-c2cccc(CN3CCN(C)CC3)c2)n1. The fourth-order valence-corrected chi connectivity index (χ4v) is 4.57. The van der Waals surface area contributed by atoms with Crippen molar-refractivity contribution in [3.8, 4) is 10.6 Å². The van der Waals surface area contributed by atoms with Crippen LogP contribution in [0.4, 0.5) is 0 Å². The van der Waals surface area contributed by atoms with Crippen molar-refractivity contribution < 1.29 is 4.79 Å². The number of amides is 1. The molecule has 0 aliphatic carbocycles. The van der Waals surface area contributed by atoms with Crippen molar-refractivity contribution in [1.29, 1.82) is 0 Å². The number of piperazine rings is 1. The van der Waals surface area contributed by atoms with Crippen LogP contribution in [0, 0.1) is 0 Å². The van der Waals surface area contributed by atoms with E-state index in [4.69, 9.17) is 4.98 Å². The molecule has 0 unspecified atom stereocenters. The molecule has 6 heteroatoms. The summed E-state index contributed by atoms with van der Waals surface area (Å²) in [6.07, 6.45) is 2.39. The number of carbonyl (C=O) groups is 1. The van der Waals surface area contributed by atoms with Crippen molar-refractivity contribution in [1.82, 2.24) is 19.7 Å². The Hall–Kier alpha value is -1.76. The lowest BCUT2D eigenvalue weighted by Gasteiger charge is -2.32. The van der Waals surface area contributed by atoms with E-state index in [0.717, 1.165) is 74.9 Å². The van der Waals surface area contributed by atoms with Crippen molar-refractivity contribution in [2.45, 2.75) is 39.7 Å². The van der Waals surface area contributed by atoms with Crippen molar-refractivity contribution in [2.24, 2.45) is 0 Å². The van der Waals surface area contributed by atoms with Gasteiger partial charge in [0.1, 0.15) is 5.01 Å². The third kappa shape index (κ3) is 6.36. The first-order chi connectivity index (χ1) is 14.1. The van der Waals surface area contributed by atoms with E-state index in [0.29, 0.717) is 6.42 Å². The predicted octanol–water partition coefficient (Wildman–Crippen LogP) is 3.75. The molecule has 1 aromatic carbocycles. The number of aromatic nitrogens is 1. The Bertz CT molecular complexity index is 777. The molecule has 0 spiro atoms. The van der Waals surface area contributed by atoms with Crippen LogP contribution < -0.4 is 0 Å². The summed E-state index contributed by atoms with van der Waals surface area (Å²) in [6.45, 7) is 11.4. The van der Waals surface area contributed by atoms with E-state index in [9.17, 15) is 4.79 Å². The molecule has 0 radical (unpaired) electrons. The molecule has 1 aliphatic rings. The van der Waals surface area contributed by atoms with Gasteiger partial charge in [0.25, 0.3) is 0 Å². The lowest BCUT2D eigenvalue weighted by molar-refractivity contribution is -0.130. The van der Waals surface area contributed by atoms with Crippen LogP contribution in [0.15, 0.2) is 29.6 Å². The van der Waals surface area contributed by atoms with Crippen LogP contribution in [-0.2, 0) is 17.8 Å². The number of nitrogens with zero attached hydrogens (tertiary/aromatic N) is 4. The van der Waals surface area contributed by atoms with Gasteiger partial charge in [-0.1, -0.05) is 32.0 Å². The van der Waals surface area contributed by atoms with E-state index in [1.165, 1.54) is 5.56 Å². The highest BCUT2D eigenvalue weighted by Crippen LogP contribution is 2.25. The largest absolute Gasteiger partial charge is 0.342 e. The second-order valence-electron chi connectivity index (χ2n) is 7.98. The zero-order valence-corrected chi connectivity index (χ0v) is 18.9. The van der Waals surface area contributed by atoms with Gasteiger partial charge in [0.2, 0.25) is 5.91 Å². The second-order valence-corrected chi connectivity index (χ2v) is 8.84. The fraction of sp³-hybridized carbons (Fsp3) is 0.565. The number of carbonyl (C=O) groups excluding carboxylic acids is 1. The summed E-state index contributed by atoms with van der Waals surface area (Å²) in [5, 5.41) is 3.04. The van der Waals surface area contributed by atoms with Crippen LogP contribution >= 0.6 is 11.3 Å². The lowest BCUT2D eigenvalue weighted by atomic mass is 10.1. The monoisotopic (exact) mass is 414 g/mol. The van der Waals surface area contributed by atoms with E-state index in [1.54, 1.807) is 11.3 Å². The first kappa shape index (κ1) is 21.9. The summed E-state index contributed by atoms with van der Waals surface area (Å²) in [4.78, 5) is 24.3. The molecule has 158 valence electrons. The van der Waals surface area contributed by atoms with E-state index >= 15 is 0 Å². The van der Waals surface area contributed by atoms with Gasteiger partial charge in [-0.3, -0.25) is 9.69 Å². The van der Waals surface area contributed by atoms with Crippen molar-refractivity contribution in [2.75, 3.05) is 46.3 Å². The molecule has 1 amide bonds. The smallest absolute Gasteiger partial charge is 0.228 e. The van der Waals surface area contributed by atoms with Gasteiger partial charge in [0, 0.05) is 56.8 Å². The van der Waals surface area contributed by atoms with Gasteiger partial charge < -0.3 is 9.80 Å². The highest BCUT2D eigenvalue weighted by Gasteiger charge is 2.16. The van der Waals surface area contributed by atoms with Gasteiger partial charge >= 0.3 is 0 Å². The number of hydrogen-bond donors (Lipinski definition) is 0. The maximum absolute atomic E-state index is 12.6. The van der Waals surface area contributed by atoms with Gasteiger partial charge in [-0.2, -0.15) is 0 Å². The first-order valence-corrected chi connectivity index (χ1v) is 11.7. The number of benzene rings is 1. The minimum atomic E-state index is 0.189. The lowest BCUT2D eigenvalue weighted by Crippen LogP contribution is -2.43. The highest BCUT2D eigenvalue weighted by molar-refractivity contribution is 7.13. The Morgan fingerprint density at radius 3 is 2.55 bits per heavy atom. The summed E-state index contributed by atoms with van der Waals surface area (Å²) in [7, 11) is 2.19. The number of likely N-dealkylation sites (N-methyl/N-ethyl adjacent to an activating group) is 1. The van der Waals surface area contributed by atoms with Gasteiger partial charge in [-0.15, -0.1) is 11.3 Å². The van der Waals surface area contributed by atoms with Crippen LogP contribution in [0.1, 0.15) is 37.9 Å². The Kier molecular flexibility index (Phi) is 8.21. The summed E-state index contributed by atoms with van der Waals surface area (Å²) in [6, 6.07) is 8.70. The van der Waals surface area contributed by atoms with E-state index in [2.05, 4.69) is 55.0 Å². The van der Waals surface area contributed by atoms with Crippen LogP contribution in [0.3, 0.4) is 0 Å². The molecule has 2 aromatic rings. The zero-order chi connectivity index (χ0) is 20.6. The molecule has 0 saturated carbocycles. The predicted molar refractivity (Wildman–Crippen MR) is 121 cm³/mol. The van der Waals surface area contributed by atoms with Gasteiger partial charge in [-0.05, 0) is 31.5 Å². The standard InChI is InChI=1S/C23H34N4OS/c1-4-9-27(10-5-2)22(28)16-21-18-29-23(24-21)20-8-6-7-19(15-20)17-26-13-11-25(3)12-14-26/h6-8,15,18H,4-5,9-14,16-17H2,1-3H3. The molecule has 0 bridgehead atoms. The molecule has 1 aliphatic heterocycles. The van der Waals surface area contributed by atoms with Gasteiger partial charge in [0.15, 0.2) is 0 Å². The number of hydrogen-bond acceptors (Lipinski definition) is 5. The molecule has 1 fully saturated rings. The molecule has 1 aromatic heterocycles. The van der Waals surface area contributed by atoms with Crippen molar-refractivity contribution >= 4 is 17.2 Å². The molecule has 1 saturated heterocycles. The summed E-state index contributed by atoms with van der Waals surface area (Å²) < 4.78 is 0.